The first-order valence-corrected chi connectivity index (χ1v) is 5.89. The van der Waals surface area contributed by atoms with Crippen LogP contribution < -0.4 is 5.32 Å². The molecular formula is C11H24N2O2. The molecule has 2 N–H and O–H groups in total. The second kappa shape index (κ2) is 9.77. The summed E-state index contributed by atoms with van der Waals surface area (Å²) in [6.45, 7) is 8.34. The predicted octanol–water partition coefficient (Wildman–Crippen LogP) is 2.16. The van der Waals surface area contributed by atoms with Gasteiger partial charge < -0.3 is 15.3 Å². The average molecular weight is 216 g/mol. The standard InChI is InChI=1S/C11H24N2O2/c1-3-8-13(9-4-2)10-6-5-7-12-11(14)15/h12H,3-10H2,1-2H3,(H,14,15). The fraction of sp³-hybridized carbons (Fsp3) is 0.909. The van der Waals surface area contributed by atoms with Gasteiger partial charge in [-0.15, -0.1) is 0 Å². The highest BCUT2D eigenvalue weighted by molar-refractivity contribution is 5.64. The van der Waals surface area contributed by atoms with Gasteiger partial charge in [-0.25, -0.2) is 4.79 Å². The molecule has 0 aromatic rings. The monoisotopic (exact) mass is 216 g/mol. The molecule has 0 atom stereocenters. The third-order valence-electron chi connectivity index (χ3n) is 2.26. The molecule has 0 unspecified atom stereocenters. The fourth-order valence-electron chi connectivity index (χ4n) is 1.62. The lowest BCUT2D eigenvalue weighted by Crippen LogP contribution is -2.28. The van der Waals surface area contributed by atoms with Gasteiger partial charge in [0.05, 0.1) is 0 Å². The number of nitrogens with zero attached hydrogens (tertiary/aromatic N) is 1. The van der Waals surface area contributed by atoms with Crippen LogP contribution in [0.4, 0.5) is 4.79 Å². The Morgan fingerprint density at radius 2 is 1.73 bits per heavy atom. The van der Waals surface area contributed by atoms with Crippen LogP contribution in [0.5, 0.6) is 0 Å². The molecule has 0 saturated heterocycles. The van der Waals surface area contributed by atoms with Crippen molar-refractivity contribution in [3.63, 3.8) is 0 Å². The fourth-order valence-corrected chi connectivity index (χ4v) is 1.62. The van der Waals surface area contributed by atoms with Crippen LogP contribution in [-0.2, 0) is 0 Å². The highest BCUT2D eigenvalue weighted by Crippen LogP contribution is 1.98. The van der Waals surface area contributed by atoms with Crippen LogP contribution in [0.2, 0.25) is 0 Å². The molecule has 0 aliphatic carbocycles. The van der Waals surface area contributed by atoms with Crippen LogP contribution in [-0.4, -0.2) is 42.3 Å². The highest BCUT2D eigenvalue weighted by atomic mass is 16.4. The third kappa shape index (κ3) is 9.53. The molecule has 0 heterocycles. The molecule has 15 heavy (non-hydrogen) atoms. The van der Waals surface area contributed by atoms with Crippen LogP contribution in [0.25, 0.3) is 0 Å². The minimum Gasteiger partial charge on any atom is -0.465 e. The summed E-state index contributed by atoms with van der Waals surface area (Å²) in [7, 11) is 0. The minimum atomic E-state index is -0.922. The molecule has 4 heteroatoms. The van der Waals surface area contributed by atoms with Crippen LogP contribution >= 0.6 is 0 Å². The van der Waals surface area contributed by atoms with Crippen molar-refractivity contribution in [2.24, 2.45) is 0 Å². The quantitative estimate of drug-likeness (QED) is 0.581. The summed E-state index contributed by atoms with van der Waals surface area (Å²) < 4.78 is 0. The van der Waals surface area contributed by atoms with Gasteiger partial charge in [0.1, 0.15) is 0 Å². The maximum atomic E-state index is 10.2. The summed E-state index contributed by atoms with van der Waals surface area (Å²) in [5.41, 5.74) is 0. The molecule has 90 valence electrons. The van der Waals surface area contributed by atoms with Gasteiger partial charge in [-0.2, -0.15) is 0 Å². The summed E-state index contributed by atoms with van der Waals surface area (Å²) in [4.78, 5) is 12.6. The number of hydrogen-bond acceptors (Lipinski definition) is 2. The average Bonchev–Trinajstić information content (AvgIpc) is 2.17. The smallest absolute Gasteiger partial charge is 0.404 e. The zero-order chi connectivity index (χ0) is 11.5. The second-order valence-corrected chi connectivity index (χ2v) is 3.78. The lowest BCUT2D eigenvalue weighted by molar-refractivity contribution is 0.194. The summed E-state index contributed by atoms with van der Waals surface area (Å²) in [5.74, 6) is 0. The van der Waals surface area contributed by atoms with E-state index in [9.17, 15) is 4.79 Å². The van der Waals surface area contributed by atoms with Gasteiger partial charge in [-0.1, -0.05) is 13.8 Å². The first-order chi connectivity index (χ1) is 7.20. The van der Waals surface area contributed by atoms with E-state index in [2.05, 4.69) is 24.1 Å². The molecule has 0 aliphatic rings. The number of carboxylic acid groups (broad SMARTS) is 1. The van der Waals surface area contributed by atoms with Crippen molar-refractivity contribution in [2.45, 2.75) is 39.5 Å². The highest BCUT2D eigenvalue weighted by Gasteiger charge is 2.01. The number of amides is 1. The zero-order valence-electron chi connectivity index (χ0n) is 9.96. The molecule has 0 fully saturated rings. The number of carbonyl (C=O) groups is 1. The van der Waals surface area contributed by atoms with Gasteiger partial charge in [0.15, 0.2) is 0 Å². The maximum Gasteiger partial charge on any atom is 0.404 e. The van der Waals surface area contributed by atoms with E-state index >= 15 is 0 Å². The van der Waals surface area contributed by atoms with Gasteiger partial charge in [0, 0.05) is 6.54 Å². The Bertz CT molecular complexity index is 157. The van der Waals surface area contributed by atoms with E-state index in [1.807, 2.05) is 0 Å². The van der Waals surface area contributed by atoms with Gasteiger partial charge in [-0.05, 0) is 45.3 Å². The van der Waals surface area contributed by atoms with Crippen LogP contribution in [0.3, 0.4) is 0 Å². The number of nitrogens with one attached hydrogen (secondary N) is 1. The Balaban J connectivity index is 3.39. The van der Waals surface area contributed by atoms with Crippen LogP contribution in [0.15, 0.2) is 0 Å². The van der Waals surface area contributed by atoms with Crippen molar-refractivity contribution in [1.82, 2.24) is 10.2 Å². The Morgan fingerprint density at radius 1 is 1.13 bits per heavy atom. The van der Waals surface area contributed by atoms with Crippen LogP contribution in [0.1, 0.15) is 39.5 Å². The van der Waals surface area contributed by atoms with E-state index in [1.54, 1.807) is 0 Å². The van der Waals surface area contributed by atoms with Crippen molar-refractivity contribution in [3.05, 3.63) is 0 Å². The second-order valence-electron chi connectivity index (χ2n) is 3.78. The van der Waals surface area contributed by atoms with Crippen LogP contribution in [0, 0.1) is 0 Å². The molecule has 0 aromatic heterocycles. The number of unbranched alkanes of at least 4 members (excludes halogenated alkanes) is 1. The summed E-state index contributed by atoms with van der Waals surface area (Å²) >= 11 is 0. The molecule has 4 nitrogen and oxygen atoms in total. The summed E-state index contributed by atoms with van der Waals surface area (Å²) in [6.07, 6.45) is 3.45. The van der Waals surface area contributed by atoms with E-state index < -0.39 is 6.09 Å². The molecular weight excluding hydrogens is 192 g/mol. The topological polar surface area (TPSA) is 52.6 Å². The van der Waals surface area contributed by atoms with Gasteiger partial charge in [0.2, 0.25) is 0 Å². The number of hydrogen-bond donors (Lipinski definition) is 2. The maximum absolute atomic E-state index is 10.2. The van der Waals surface area contributed by atoms with E-state index in [0.717, 1.165) is 32.5 Å². The number of rotatable bonds is 9. The lowest BCUT2D eigenvalue weighted by Gasteiger charge is -2.20. The molecule has 0 rings (SSSR count). The van der Waals surface area contributed by atoms with E-state index in [-0.39, 0.29) is 0 Å². The minimum absolute atomic E-state index is 0.571. The predicted molar refractivity (Wildman–Crippen MR) is 62.3 cm³/mol. The Kier molecular flexibility index (Phi) is 9.27. The van der Waals surface area contributed by atoms with Gasteiger partial charge in [-0.3, -0.25) is 0 Å². The molecule has 0 aliphatic heterocycles. The van der Waals surface area contributed by atoms with Gasteiger partial charge in [0.25, 0.3) is 0 Å². The SMILES string of the molecule is CCCN(CCC)CCCCNC(=O)O. The largest absolute Gasteiger partial charge is 0.465 e. The summed E-state index contributed by atoms with van der Waals surface area (Å²) in [5, 5.41) is 10.8. The first kappa shape index (κ1) is 14.2. The normalized spacial score (nSPS) is 10.6. The van der Waals surface area contributed by atoms with E-state index in [4.69, 9.17) is 5.11 Å². The van der Waals surface area contributed by atoms with E-state index in [0.29, 0.717) is 6.54 Å². The van der Waals surface area contributed by atoms with Crippen molar-refractivity contribution >= 4 is 6.09 Å². The van der Waals surface area contributed by atoms with Crippen molar-refractivity contribution in [2.75, 3.05) is 26.2 Å². The molecule has 0 bridgehead atoms. The Hall–Kier alpha value is -0.770. The molecule has 1 amide bonds. The molecule has 0 saturated carbocycles. The first-order valence-electron chi connectivity index (χ1n) is 5.89. The molecule has 0 radical (unpaired) electrons. The zero-order valence-corrected chi connectivity index (χ0v) is 9.96. The third-order valence-corrected chi connectivity index (χ3v) is 2.26. The van der Waals surface area contributed by atoms with Crippen molar-refractivity contribution < 1.29 is 9.90 Å². The Labute approximate surface area is 92.7 Å². The van der Waals surface area contributed by atoms with Crippen molar-refractivity contribution in [1.29, 1.82) is 0 Å². The van der Waals surface area contributed by atoms with Gasteiger partial charge >= 0.3 is 6.09 Å². The summed E-state index contributed by atoms with van der Waals surface area (Å²) in [6, 6.07) is 0. The van der Waals surface area contributed by atoms with E-state index in [1.165, 1.54) is 12.8 Å². The molecule has 0 spiro atoms. The van der Waals surface area contributed by atoms with Crippen molar-refractivity contribution in [3.8, 4) is 0 Å². The molecule has 0 aromatic carbocycles. The Morgan fingerprint density at radius 3 is 2.20 bits per heavy atom. The lowest BCUT2D eigenvalue weighted by atomic mass is 10.2.